The first-order chi connectivity index (χ1) is 25.7. The van der Waals surface area contributed by atoms with E-state index >= 15 is 0 Å². The van der Waals surface area contributed by atoms with Crippen LogP contribution in [-0.4, -0.2) is 15.0 Å². The van der Waals surface area contributed by atoms with Crippen molar-refractivity contribution < 1.29 is 4.74 Å². The monoisotopic (exact) mass is 666 g/mol. The summed E-state index contributed by atoms with van der Waals surface area (Å²) in [6, 6.07) is 64.0. The maximum Gasteiger partial charge on any atom is 0.164 e. The third kappa shape index (κ3) is 5.31. The number of nitriles is 1. The van der Waals surface area contributed by atoms with Gasteiger partial charge in [0.1, 0.15) is 11.5 Å². The summed E-state index contributed by atoms with van der Waals surface area (Å²) in [5, 5.41) is 9.32. The van der Waals surface area contributed by atoms with Crippen LogP contribution in [-0.2, 0) is 5.41 Å². The average molecular weight is 667 g/mol. The summed E-state index contributed by atoms with van der Waals surface area (Å²) in [4.78, 5) is 14.6. The van der Waals surface area contributed by atoms with Crippen LogP contribution in [0.1, 0.15) is 27.8 Å². The summed E-state index contributed by atoms with van der Waals surface area (Å²) in [5.41, 5.74) is 9.25. The van der Waals surface area contributed by atoms with E-state index in [1.807, 2.05) is 48.5 Å². The van der Waals surface area contributed by atoms with Gasteiger partial charge in [0.2, 0.25) is 0 Å². The standard InChI is InChI=1S/C47H30N4O/c48-31-32-20-22-35(23-21-32)45-49-44(34-12-4-1-5-13-34)50-46(51-45)36-26-24-33(25-27-36)37-28-29-43-41(30-37)47(38-14-6-2-7-15-38,39-16-8-3-9-17-39)40-18-10-11-19-42(40)52-43/h1-30H. The Bertz CT molecular complexity index is 2540. The first kappa shape index (κ1) is 30.9. The van der Waals surface area contributed by atoms with Gasteiger partial charge in [-0.05, 0) is 64.7 Å². The Morgan fingerprint density at radius 3 is 1.42 bits per heavy atom. The summed E-state index contributed by atoms with van der Waals surface area (Å²) in [6.07, 6.45) is 0. The minimum atomic E-state index is -0.594. The number of rotatable bonds is 6. The lowest BCUT2D eigenvalue weighted by molar-refractivity contribution is 0.434. The minimum absolute atomic E-state index is 0.547. The van der Waals surface area contributed by atoms with E-state index in [0.717, 1.165) is 50.4 Å². The number of aromatic nitrogens is 3. The van der Waals surface area contributed by atoms with E-state index in [4.69, 9.17) is 19.7 Å². The van der Waals surface area contributed by atoms with Crippen molar-refractivity contribution >= 4 is 0 Å². The molecule has 0 unspecified atom stereocenters. The van der Waals surface area contributed by atoms with E-state index in [1.165, 1.54) is 11.1 Å². The molecule has 0 saturated heterocycles. The van der Waals surface area contributed by atoms with Crippen molar-refractivity contribution in [2.45, 2.75) is 5.41 Å². The van der Waals surface area contributed by atoms with E-state index in [0.29, 0.717) is 23.0 Å². The second kappa shape index (κ2) is 12.9. The Morgan fingerprint density at radius 2 is 0.846 bits per heavy atom. The van der Waals surface area contributed by atoms with Crippen LogP contribution in [0.3, 0.4) is 0 Å². The fourth-order valence-electron chi connectivity index (χ4n) is 7.24. The zero-order chi connectivity index (χ0) is 34.9. The highest BCUT2D eigenvalue weighted by atomic mass is 16.5. The van der Waals surface area contributed by atoms with Gasteiger partial charge in [0, 0.05) is 27.8 Å². The fourth-order valence-corrected chi connectivity index (χ4v) is 7.24. The van der Waals surface area contributed by atoms with Gasteiger partial charge in [-0.15, -0.1) is 0 Å². The van der Waals surface area contributed by atoms with Gasteiger partial charge < -0.3 is 4.74 Å². The van der Waals surface area contributed by atoms with Crippen molar-refractivity contribution in [2.75, 3.05) is 0 Å². The molecule has 7 aromatic carbocycles. The fraction of sp³-hybridized carbons (Fsp3) is 0.0213. The lowest BCUT2D eigenvalue weighted by atomic mass is 9.63. The quantitative estimate of drug-likeness (QED) is 0.177. The van der Waals surface area contributed by atoms with Crippen LogP contribution >= 0.6 is 0 Å². The zero-order valence-corrected chi connectivity index (χ0v) is 28.0. The SMILES string of the molecule is N#Cc1ccc(-c2nc(-c3ccccc3)nc(-c3ccc(-c4ccc5c(c4)C(c4ccccc4)(c4ccccc4)c4ccccc4O5)cc3)n2)cc1. The summed E-state index contributed by atoms with van der Waals surface area (Å²) < 4.78 is 6.61. The first-order valence-electron chi connectivity index (χ1n) is 17.2. The molecule has 5 heteroatoms. The Balaban J connectivity index is 1.16. The highest BCUT2D eigenvalue weighted by Gasteiger charge is 2.45. The Kier molecular flexibility index (Phi) is 7.68. The number of hydrogen-bond donors (Lipinski definition) is 0. The van der Waals surface area contributed by atoms with Crippen LogP contribution in [0.2, 0.25) is 0 Å². The Hall–Kier alpha value is -7.16. The molecule has 244 valence electrons. The molecule has 0 bridgehead atoms. The lowest BCUT2D eigenvalue weighted by Crippen LogP contribution is -2.34. The number of hydrogen-bond acceptors (Lipinski definition) is 5. The van der Waals surface area contributed by atoms with Crippen molar-refractivity contribution in [1.82, 2.24) is 15.0 Å². The van der Waals surface area contributed by atoms with Crippen LogP contribution in [0.15, 0.2) is 182 Å². The smallest absolute Gasteiger partial charge is 0.164 e. The van der Waals surface area contributed by atoms with Gasteiger partial charge in [0.05, 0.1) is 17.0 Å². The van der Waals surface area contributed by atoms with Gasteiger partial charge in [-0.25, -0.2) is 15.0 Å². The molecule has 8 aromatic rings. The van der Waals surface area contributed by atoms with E-state index in [2.05, 4.69) is 127 Å². The maximum absolute atomic E-state index is 9.32. The zero-order valence-electron chi connectivity index (χ0n) is 28.0. The predicted octanol–water partition coefficient (Wildman–Crippen LogP) is 10.9. The molecule has 0 saturated carbocycles. The molecule has 52 heavy (non-hydrogen) atoms. The molecule has 1 aromatic heterocycles. The van der Waals surface area contributed by atoms with Crippen molar-refractivity contribution in [2.24, 2.45) is 0 Å². The van der Waals surface area contributed by atoms with Gasteiger partial charge in [0.25, 0.3) is 0 Å². The Labute approximate surface area is 302 Å². The summed E-state index contributed by atoms with van der Waals surface area (Å²) in [6.45, 7) is 0. The van der Waals surface area contributed by atoms with Gasteiger partial charge in [-0.1, -0.05) is 140 Å². The highest BCUT2D eigenvalue weighted by Crippen LogP contribution is 2.55. The second-order valence-corrected chi connectivity index (χ2v) is 12.7. The van der Waals surface area contributed by atoms with Crippen molar-refractivity contribution in [3.8, 4) is 62.9 Å². The summed E-state index contributed by atoms with van der Waals surface area (Å²) in [7, 11) is 0. The normalized spacial score (nSPS) is 12.5. The molecular weight excluding hydrogens is 637 g/mol. The number of para-hydroxylation sites is 1. The summed E-state index contributed by atoms with van der Waals surface area (Å²) in [5.74, 6) is 3.39. The van der Waals surface area contributed by atoms with Crippen LogP contribution < -0.4 is 4.74 Å². The number of fused-ring (bicyclic) bond motifs is 2. The molecule has 2 heterocycles. The topological polar surface area (TPSA) is 71.7 Å². The molecule has 1 aliphatic heterocycles. The van der Waals surface area contributed by atoms with Crippen LogP contribution in [0.4, 0.5) is 0 Å². The molecular formula is C47H30N4O. The minimum Gasteiger partial charge on any atom is -0.457 e. The molecule has 0 spiro atoms. The van der Waals surface area contributed by atoms with E-state index in [1.54, 1.807) is 12.1 Å². The number of benzene rings is 7. The van der Waals surface area contributed by atoms with Crippen LogP contribution in [0, 0.1) is 11.3 Å². The maximum atomic E-state index is 9.32. The van der Waals surface area contributed by atoms with E-state index in [9.17, 15) is 5.26 Å². The van der Waals surface area contributed by atoms with Gasteiger partial charge in [-0.2, -0.15) is 5.26 Å². The molecule has 0 N–H and O–H groups in total. The van der Waals surface area contributed by atoms with E-state index < -0.39 is 5.41 Å². The van der Waals surface area contributed by atoms with Crippen molar-refractivity contribution in [1.29, 1.82) is 5.26 Å². The number of ether oxygens (including phenoxy) is 1. The first-order valence-corrected chi connectivity index (χ1v) is 17.2. The van der Waals surface area contributed by atoms with E-state index in [-0.39, 0.29) is 0 Å². The van der Waals surface area contributed by atoms with Crippen LogP contribution in [0.5, 0.6) is 11.5 Å². The summed E-state index contributed by atoms with van der Waals surface area (Å²) >= 11 is 0. The van der Waals surface area contributed by atoms with Gasteiger partial charge in [-0.3, -0.25) is 0 Å². The average Bonchev–Trinajstić information content (AvgIpc) is 3.23. The molecule has 1 aliphatic rings. The highest BCUT2D eigenvalue weighted by molar-refractivity contribution is 5.76. The van der Waals surface area contributed by atoms with Gasteiger partial charge in [0.15, 0.2) is 17.5 Å². The van der Waals surface area contributed by atoms with Crippen molar-refractivity contribution in [3.63, 3.8) is 0 Å². The molecule has 0 fully saturated rings. The third-order valence-electron chi connectivity index (χ3n) is 9.72. The Morgan fingerprint density at radius 1 is 0.404 bits per heavy atom. The van der Waals surface area contributed by atoms with Gasteiger partial charge >= 0.3 is 0 Å². The third-order valence-corrected chi connectivity index (χ3v) is 9.72. The number of nitrogens with zero attached hydrogens (tertiary/aromatic N) is 4. The van der Waals surface area contributed by atoms with Crippen molar-refractivity contribution in [3.05, 3.63) is 210 Å². The largest absolute Gasteiger partial charge is 0.457 e. The predicted molar refractivity (Wildman–Crippen MR) is 205 cm³/mol. The molecule has 0 atom stereocenters. The lowest BCUT2D eigenvalue weighted by Gasteiger charge is -2.41. The molecule has 0 aliphatic carbocycles. The molecule has 5 nitrogen and oxygen atoms in total. The molecule has 0 radical (unpaired) electrons. The van der Waals surface area contributed by atoms with Crippen LogP contribution in [0.25, 0.3) is 45.3 Å². The second-order valence-electron chi connectivity index (χ2n) is 12.7. The molecule has 0 amide bonds. The molecule has 9 rings (SSSR count).